The molecule has 0 radical (unpaired) electrons. The van der Waals surface area contributed by atoms with Crippen LogP contribution in [0, 0.1) is 5.92 Å². The fourth-order valence-corrected chi connectivity index (χ4v) is 4.76. The van der Waals surface area contributed by atoms with Crippen molar-refractivity contribution in [2.24, 2.45) is 5.92 Å². The number of carboxylic acids is 1. The number of nitrogens with two attached hydrogens (primary N) is 1. The van der Waals surface area contributed by atoms with E-state index in [0.29, 0.717) is 30.5 Å². The first kappa shape index (κ1) is 20.0. The molecule has 0 spiro atoms. The largest absolute Gasteiger partial charge is 0.481 e. The third kappa shape index (κ3) is 4.64. The zero-order valence-corrected chi connectivity index (χ0v) is 17.1. The van der Waals surface area contributed by atoms with E-state index in [1.807, 2.05) is 12.1 Å². The molecule has 0 bridgehead atoms. The number of benzene rings is 1. The average Bonchev–Trinajstić information content (AvgIpc) is 3.16. The van der Waals surface area contributed by atoms with Gasteiger partial charge in [-0.1, -0.05) is 23.7 Å². The fourth-order valence-electron chi connectivity index (χ4n) is 4.63. The van der Waals surface area contributed by atoms with Crippen LogP contribution in [0.4, 0.5) is 11.9 Å². The van der Waals surface area contributed by atoms with Crippen molar-refractivity contribution >= 4 is 29.5 Å². The Labute approximate surface area is 175 Å². The van der Waals surface area contributed by atoms with Crippen molar-refractivity contribution in [1.82, 2.24) is 20.1 Å². The van der Waals surface area contributed by atoms with Crippen LogP contribution in [0.3, 0.4) is 0 Å². The van der Waals surface area contributed by atoms with Crippen LogP contribution in [0.2, 0.25) is 5.02 Å². The number of carbonyl (C=O) groups is 1. The number of nitrogens with one attached hydrogen (secondary N) is 1. The summed E-state index contributed by atoms with van der Waals surface area (Å²) < 4.78 is 0. The molecule has 9 heteroatoms. The maximum atomic E-state index is 11.6. The molecule has 3 heterocycles. The first-order valence-electron chi connectivity index (χ1n) is 10.2. The first-order valence-corrected chi connectivity index (χ1v) is 10.5. The molecule has 2 fully saturated rings. The number of piperidine rings is 2. The molecule has 4 N–H and O–H groups in total. The van der Waals surface area contributed by atoms with Crippen molar-refractivity contribution in [3.05, 3.63) is 34.9 Å². The number of hydrogen-bond donors (Lipinski definition) is 3. The quantitative estimate of drug-likeness (QED) is 0.683. The van der Waals surface area contributed by atoms with E-state index < -0.39 is 5.97 Å². The van der Waals surface area contributed by atoms with Gasteiger partial charge in [0.05, 0.1) is 5.92 Å². The van der Waals surface area contributed by atoms with Crippen LogP contribution >= 0.6 is 11.6 Å². The molecular formula is C20H27ClN6O2. The zero-order chi connectivity index (χ0) is 20.4. The van der Waals surface area contributed by atoms with Crippen LogP contribution in [-0.2, 0) is 11.2 Å². The lowest BCUT2D eigenvalue weighted by atomic mass is 9.86. The zero-order valence-electron chi connectivity index (χ0n) is 16.3. The van der Waals surface area contributed by atoms with Crippen molar-refractivity contribution in [3.8, 4) is 0 Å². The molecule has 8 nitrogen and oxygen atoms in total. The van der Waals surface area contributed by atoms with Crippen molar-refractivity contribution in [2.45, 2.75) is 44.2 Å². The SMILES string of the molecule is Nc1nnc(N2CCC(N3CC(C(=O)O)CC[C@@H]3Cc3ccc(Cl)cc3)CC2)[nH]1. The fraction of sp³-hybridized carbons (Fsp3) is 0.550. The molecule has 0 amide bonds. The summed E-state index contributed by atoms with van der Waals surface area (Å²) in [7, 11) is 0. The monoisotopic (exact) mass is 418 g/mol. The number of halogens is 1. The Morgan fingerprint density at radius 3 is 2.52 bits per heavy atom. The minimum Gasteiger partial charge on any atom is -0.481 e. The number of nitrogens with zero attached hydrogens (tertiary/aromatic N) is 4. The number of H-pyrrole nitrogens is 1. The molecule has 1 aromatic carbocycles. The number of aromatic nitrogens is 3. The van der Waals surface area contributed by atoms with E-state index in [4.69, 9.17) is 17.3 Å². The molecule has 1 aromatic heterocycles. The number of hydrogen-bond acceptors (Lipinski definition) is 6. The van der Waals surface area contributed by atoms with Gasteiger partial charge in [-0.15, -0.1) is 10.2 Å². The second kappa shape index (κ2) is 8.59. The molecule has 4 rings (SSSR count). The summed E-state index contributed by atoms with van der Waals surface area (Å²) in [6, 6.07) is 8.70. The van der Waals surface area contributed by atoms with Crippen molar-refractivity contribution in [1.29, 1.82) is 0 Å². The lowest BCUT2D eigenvalue weighted by molar-refractivity contribution is -0.144. The highest BCUT2D eigenvalue weighted by Gasteiger charge is 2.37. The van der Waals surface area contributed by atoms with Gasteiger partial charge in [-0.05, 0) is 49.8 Å². The van der Waals surface area contributed by atoms with Gasteiger partial charge in [0.2, 0.25) is 11.9 Å². The molecule has 2 aromatic rings. The van der Waals surface area contributed by atoms with Crippen LogP contribution in [0.5, 0.6) is 0 Å². The molecule has 0 aliphatic carbocycles. The molecule has 29 heavy (non-hydrogen) atoms. The number of nitrogen functional groups attached to an aromatic ring is 1. The van der Waals surface area contributed by atoms with E-state index in [1.165, 1.54) is 5.56 Å². The molecule has 2 aliphatic rings. The third-order valence-electron chi connectivity index (χ3n) is 6.21. The number of aliphatic carboxylic acids is 1. The Hall–Kier alpha value is -2.32. The van der Waals surface area contributed by atoms with Gasteiger partial charge in [-0.2, -0.15) is 0 Å². The van der Waals surface area contributed by atoms with E-state index in [9.17, 15) is 9.90 Å². The third-order valence-corrected chi connectivity index (χ3v) is 6.46. The summed E-state index contributed by atoms with van der Waals surface area (Å²) in [4.78, 5) is 19.2. The van der Waals surface area contributed by atoms with Gasteiger partial charge in [0.15, 0.2) is 0 Å². The summed E-state index contributed by atoms with van der Waals surface area (Å²) in [5, 5.41) is 18.2. The predicted molar refractivity (Wildman–Crippen MR) is 112 cm³/mol. The summed E-state index contributed by atoms with van der Waals surface area (Å²) in [6.45, 7) is 2.32. The molecule has 2 saturated heterocycles. The van der Waals surface area contributed by atoms with Crippen LogP contribution in [0.25, 0.3) is 0 Å². The maximum absolute atomic E-state index is 11.6. The molecule has 156 valence electrons. The maximum Gasteiger partial charge on any atom is 0.307 e. The Morgan fingerprint density at radius 2 is 1.90 bits per heavy atom. The van der Waals surface area contributed by atoms with Crippen LogP contribution < -0.4 is 10.6 Å². The predicted octanol–water partition coefficient (Wildman–Crippen LogP) is 2.42. The molecule has 0 saturated carbocycles. The van der Waals surface area contributed by atoms with Gasteiger partial charge in [0.25, 0.3) is 0 Å². The number of carboxylic acid groups (broad SMARTS) is 1. The Kier molecular flexibility index (Phi) is 5.91. The Morgan fingerprint density at radius 1 is 1.17 bits per heavy atom. The minimum atomic E-state index is -0.686. The normalized spacial score (nSPS) is 24.0. The van der Waals surface area contributed by atoms with Gasteiger partial charge in [0.1, 0.15) is 0 Å². The molecule has 2 atom stereocenters. The lowest BCUT2D eigenvalue weighted by Gasteiger charge is -2.46. The van der Waals surface area contributed by atoms with Crippen molar-refractivity contribution in [3.63, 3.8) is 0 Å². The first-order chi connectivity index (χ1) is 14.0. The second-order valence-corrected chi connectivity index (χ2v) is 8.48. The van der Waals surface area contributed by atoms with Crippen molar-refractivity contribution in [2.75, 3.05) is 30.3 Å². The molecule has 2 aliphatic heterocycles. The smallest absolute Gasteiger partial charge is 0.307 e. The number of aromatic amines is 1. The highest BCUT2D eigenvalue weighted by molar-refractivity contribution is 6.30. The van der Waals surface area contributed by atoms with E-state index in [2.05, 4.69) is 37.1 Å². The van der Waals surface area contributed by atoms with E-state index in [1.54, 1.807) is 0 Å². The number of rotatable bonds is 5. The van der Waals surface area contributed by atoms with Crippen LogP contribution in [-0.4, -0.2) is 62.9 Å². The average molecular weight is 419 g/mol. The van der Waals surface area contributed by atoms with Crippen LogP contribution in [0.15, 0.2) is 24.3 Å². The topological polar surface area (TPSA) is 111 Å². The number of anilines is 2. The Bertz CT molecular complexity index is 834. The summed E-state index contributed by atoms with van der Waals surface area (Å²) in [5.74, 6) is 0.0595. The van der Waals surface area contributed by atoms with Gasteiger partial charge in [-0.3, -0.25) is 14.7 Å². The summed E-state index contributed by atoms with van der Waals surface area (Å²) >= 11 is 6.02. The van der Waals surface area contributed by atoms with Crippen LogP contribution in [0.1, 0.15) is 31.2 Å². The van der Waals surface area contributed by atoms with E-state index in [-0.39, 0.29) is 5.92 Å². The highest BCUT2D eigenvalue weighted by Crippen LogP contribution is 2.31. The van der Waals surface area contributed by atoms with Crippen molar-refractivity contribution < 1.29 is 9.90 Å². The molecular weight excluding hydrogens is 392 g/mol. The van der Waals surface area contributed by atoms with E-state index >= 15 is 0 Å². The van der Waals surface area contributed by atoms with Gasteiger partial charge in [0, 0.05) is 36.7 Å². The van der Waals surface area contributed by atoms with Gasteiger partial charge >= 0.3 is 5.97 Å². The Balaban J connectivity index is 1.44. The lowest BCUT2D eigenvalue weighted by Crippen LogP contribution is -2.54. The standard InChI is InChI=1S/C20H27ClN6O2/c21-15-4-1-13(2-5-15)11-17-6-3-14(18(28)29)12-27(17)16-7-9-26(10-8-16)20-23-19(22)24-25-20/h1-2,4-5,14,16-17H,3,6-12H2,(H,28,29)(H3,22,23,24,25)/t14?,17-/m1/s1. The van der Waals surface area contributed by atoms with Gasteiger partial charge < -0.3 is 15.7 Å². The highest BCUT2D eigenvalue weighted by atomic mass is 35.5. The second-order valence-electron chi connectivity index (χ2n) is 8.05. The van der Waals surface area contributed by atoms with Gasteiger partial charge in [-0.25, -0.2) is 0 Å². The van der Waals surface area contributed by atoms with E-state index in [0.717, 1.165) is 50.2 Å². The minimum absolute atomic E-state index is 0.288. The molecule has 1 unspecified atom stereocenters. The summed E-state index contributed by atoms with van der Waals surface area (Å²) in [6.07, 6.45) is 4.48. The number of likely N-dealkylation sites (tertiary alicyclic amines) is 1. The summed E-state index contributed by atoms with van der Waals surface area (Å²) in [5.41, 5.74) is 6.89.